The van der Waals surface area contributed by atoms with Gasteiger partial charge in [-0.3, -0.25) is 9.59 Å². The van der Waals surface area contributed by atoms with Gasteiger partial charge in [-0.15, -0.1) is 0 Å². The molecule has 1 aromatic carbocycles. The van der Waals surface area contributed by atoms with E-state index in [4.69, 9.17) is 11.6 Å². The summed E-state index contributed by atoms with van der Waals surface area (Å²) in [7, 11) is 0. The van der Waals surface area contributed by atoms with Gasteiger partial charge in [0.1, 0.15) is 0 Å². The minimum absolute atomic E-state index is 0.0123. The third-order valence-electron chi connectivity index (χ3n) is 3.54. The van der Waals surface area contributed by atoms with Crippen molar-refractivity contribution in [3.8, 4) is 0 Å². The van der Waals surface area contributed by atoms with Crippen molar-refractivity contribution in [1.82, 2.24) is 5.32 Å². The van der Waals surface area contributed by atoms with E-state index in [1.54, 1.807) is 18.2 Å². The molecule has 1 saturated heterocycles. The smallest absolute Gasteiger partial charge is 0.227 e. The van der Waals surface area contributed by atoms with E-state index in [2.05, 4.69) is 22.9 Å². The molecule has 2 rings (SSSR count). The molecule has 0 aromatic heterocycles. The lowest BCUT2D eigenvalue weighted by Gasteiger charge is -2.27. The molecule has 3 N–H and O–H groups in total. The van der Waals surface area contributed by atoms with Gasteiger partial charge in [-0.05, 0) is 44.5 Å². The van der Waals surface area contributed by atoms with Crippen molar-refractivity contribution in [2.45, 2.75) is 32.7 Å². The quantitative estimate of drug-likeness (QED) is 0.804. The molecule has 0 unspecified atom stereocenters. The van der Waals surface area contributed by atoms with Crippen LogP contribution in [0.15, 0.2) is 18.2 Å². The maximum Gasteiger partial charge on any atom is 0.227 e. The largest absolute Gasteiger partial charge is 0.326 e. The summed E-state index contributed by atoms with van der Waals surface area (Å²) in [5.41, 5.74) is 1.14. The number of hydrogen-bond acceptors (Lipinski definition) is 3. The lowest BCUT2D eigenvalue weighted by atomic mass is 9.92. The Morgan fingerprint density at radius 1 is 1.33 bits per heavy atom. The van der Waals surface area contributed by atoms with Gasteiger partial charge in [-0.1, -0.05) is 11.6 Å². The summed E-state index contributed by atoms with van der Waals surface area (Å²) in [5.74, 6) is -0.200. The standard InChI is InChI=1S/C15H20ClN3O2/c1-9-7-11(5-6-17-9)15(21)19-14-8-12(18-10(2)20)3-4-13(14)16/h3-4,8-9,11,17H,5-7H2,1-2H3,(H,18,20)(H,19,21)/t9-,11-/m0/s1. The van der Waals surface area contributed by atoms with Gasteiger partial charge in [-0.25, -0.2) is 0 Å². The Kier molecular flexibility index (Phi) is 5.20. The number of benzene rings is 1. The summed E-state index contributed by atoms with van der Waals surface area (Å²) in [5, 5.41) is 9.31. The van der Waals surface area contributed by atoms with E-state index in [1.807, 2.05) is 0 Å². The van der Waals surface area contributed by atoms with Crippen molar-refractivity contribution in [2.24, 2.45) is 5.92 Å². The lowest BCUT2D eigenvalue weighted by Crippen LogP contribution is -2.40. The molecule has 2 atom stereocenters. The number of piperidine rings is 1. The lowest BCUT2D eigenvalue weighted by molar-refractivity contribution is -0.120. The molecular formula is C15H20ClN3O2. The summed E-state index contributed by atoms with van der Waals surface area (Å²) >= 11 is 6.10. The van der Waals surface area contributed by atoms with E-state index < -0.39 is 0 Å². The van der Waals surface area contributed by atoms with Crippen LogP contribution >= 0.6 is 11.6 Å². The van der Waals surface area contributed by atoms with Crippen LogP contribution in [-0.4, -0.2) is 24.4 Å². The highest BCUT2D eigenvalue weighted by Gasteiger charge is 2.25. The van der Waals surface area contributed by atoms with Crippen molar-refractivity contribution in [3.63, 3.8) is 0 Å². The van der Waals surface area contributed by atoms with Gasteiger partial charge in [0.05, 0.1) is 10.7 Å². The third-order valence-corrected chi connectivity index (χ3v) is 3.87. The fourth-order valence-corrected chi connectivity index (χ4v) is 2.67. The molecule has 1 aliphatic rings. The summed E-state index contributed by atoms with van der Waals surface area (Å²) in [6.07, 6.45) is 1.63. The highest BCUT2D eigenvalue weighted by Crippen LogP contribution is 2.27. The van der Waals surface area contributed by atoms with E-state index >= 15 is 0 Å². The van der Waals surface area contributed by atoms with Crippen molar-refractivity contribution in [3.05, 3.63) is 23.2 Å². The molecule has 6 heteroatoms. The van der Waals surface area contributed by atoms with Gasteiger partial charge in [0.2, 0.25) is 11.8 Å². The molecule has 2 amide bonds. The van der Waals surface area contributed by atoms with Crippen LogP contribution in [0.4, 0.5) is 11.4 Å². The summed E-state index contributed by atoms with van der Waals surface area (Å²) in [4.78, 5) is 23.4. The van der Waals surface area contributed by atoms with Crippen molar-refractivity contribution in [2.75, 3.05) is 17.2 Å². The van der Waals surface area contributed by atoms with Gasteiger partial charge >= 0.3 is 0 Å². The maximum absolute atomic E-state index is 12.3. The van der Waals surface area contributed by atoms with Crippen LogP contribution in [0.25, 0.3) is 0 Å². The van der Waals surface area contributed by atoms with Gasteiger partial charge < -0.3 is 16.0 Å². The minimum atomic E-state index is -0.165. The van der Waals surface area contributed by atoms with Crippen molar-refractivity contribution >= 4 is 34.8 Å². The predicted molar refractivity (Wildman–Crippen MR) is 84.6 cm³/mol. The van der Waals surface area contributed by atoms with Crippen LogP contribution in [0, 0.1) is 5.92 Å². The minimum Gasteiger partial charge on any atom is -0.326 e. The number of carbonyl (C=O) groups excluding carboxylic acids is 2. The Morgan fingerprint density at radius 2 is 2.10 bits per heavy atom. The summed E-state index contributed by atoms with van der Waals surface area (Å²) in [6.45, 7) is 4.35. The second-order valence-corrected chi connectivity index (χ2v) is 5.85. The van der Waals surface area contributed by atoms with E-state index in [-0.39, 0.29) is 17.7 Å². The van der Waals surface area contributed by atoms with E-state index in [0.29, 0.717) is 22.4 Å². The Labute approximate surface area is 129 Å². The number of rotatable bonds is 3. The molecular weight excluding hydrogens is 290 g/mol. The topological polar surface area (TPSA) is 70.2 Å². The molecule has 0 radical (unpaired) electrons. The van der Waals surface area contributed by atoms with Crippen LogP contribution in [0.3, 0.4) is 0 Å². The highest BCUT2D eigenvalue weighted by atomic mass is 35.5. The second-order valence-electron chi connectivity index (χ2n) is 5.44. The average Bonchev–Trinajstić information content (AvgIpc) is 2.42. The van der Waals surface area contributed by atoms with Crippen LogP contribution in [0.2, 0.25) is 5.02 Å². The third kappa shape index (κ3) is 4.44. The Bertz CT molecular complexity index is 548. The second kappa shape index (κ2) is 6.91. The van der Waals surface area contributed by atoms with Crippen molar-refractivity contribution in [1.29, 1.82) is 0 Å². The molecule has 114 valence electrons. The van der Waals surface area contributed by atoms with Gasteiger partial charge in [0, 0.05) is 24.6 Å². The number of carbonyl (C=O) groups is 2. The Balaban J connectivity index is 2.07. The number of halogens is 1. The highest BCUT2D eigenvalue weighted by molar-refractivity contribution is 6.33. The molecule has 0 saturated carbocycles. The molecule has 0 aliphatic carbocycles. The molecule has 21 heavy (non-hydrogen) atoms. The predicted octanol–water partition coefficient (Wildman–Crippen LogP) is 2.63. The van der Waals surface area contributed by atoms with Crippen LogP contribution < -0.4 is 16.0 Å². The zero-order valence-corrected chi connectivity index (χ0v) is 13.0. The number of amides is 2. The van der Waals surface area contributed by atoms with Crippen LogP contribution in [-0.2, 0) is 9.59 Å². The molecule has 1 aromatic rings. The molecule has 0 spiro atoms. The first-order valence-corrected chi connectivity index (χ1v) is 7.45. The Hall–Kier alpha value is -1.59. The SMILES string of the molecule is CC(=O)Nc1ccc(Cl)c(NC(=O)[C@H]2CCN[C@@H](C)C2)c1. The normalized spacial score (nSPS) is 21.7. The zero-order chi connectivity index (χ0) is 15.4. The van der Waals surface area contributed by atoms with Crippen molar-refractivity contribution < 1.29 is 9.59 Å². The Morgan fingerprint density at radius 3 is 2.76 bits per heavy atom. The van der Waals surface area contributed by atoms with E-state index in [9.17, 15) is 9.59 Å². The maximum atomic E-state index is 12.3. The number of nitrogens with one attached hydrogen (secondary N) is 3. The first-order chi connectivity index (χ1) is 9.95. The van der Waals surface area contributed by atoms with Gasteiger partial charge in [-0.2, -0.15) is 0 Å². The first kappa shape index (κ1) is 15.8. The molecule has 1 fully saturated rings. The summed E-state index contributed by atoms with van der Waals surface area (Å²) < 4.78 is 0. The average molecular weight is 310 g/mol. The first-order valence-electron chi connectivity index (χ1n) is 7.07. The van der Waals surface area contributed by atoms with E-state index in [0.717, 1.165) is 19.4 Å². The van der Waals surface area contributed by atoms with Crippen LogP contribution in [0.5, 0.6) is 0 Å². The molecule has 1 heterocycles. The molecule has 1 aliphatic heterocycles. The monoisotopic (exact) mass is 309 g/mol. The zero-order valence-electron chi connectivity index (χ0n) is 12.2. The van der Waals surface area contributed by atoms with E-state index in [1.165, 1.54) is 6.92 Å². The van der Waals surface area contributed by atoms with Gasteiger partial charge in [0.25, 0.3) is 0 Å². The van der Waals surface area contributed by atoms with Gasteiger partial charge in [0.15, 0.2) is 0 Å². The molecule has 0 bridgehead atoms. The fraction of sp³-hybridized carbons (Fsp3) is 0.467. The number of anilines is 2. The van der Waals surface area contributed by atoms with Crippen LogP contribution in [0.1, 0.15) is 26.7 Å². The fourth-order valence-electron chi connectivity index (χ4n) is 2.51. The number of hydrogen-bond donors (Lipinski definition) is 3. The summed E-state index contributed by atoms with van der Waals surface area (Å²) in [6, 6.07) is 5.38. The molecule has 5 nitrogen and oxygen atoms in total.